The fourth-order valence-corrected chi connectivity index (χ4v) is 1.71. The monoisotopic (exact) mass is 228 g/mol. The predicted molar refractivity (Wildman–Crippen MR) is 69.7 cm³/mol. The van der Waals surface area contributed by atoms with E-state index in [0.717, 1.165) is 5.82 Å². The average Bonchev–Trinajstić information content (AvgIpc) is 2.28. The molecule has 88 valence electrons. The van der Waals surface area contributed by atoms with Gasteiger partial charge in [-0.2, -0.15) is 0 Å². The third-order valence-corrected chi connectivity index (χ3v) is 2.52. The second-order valence-corrected chi connectivity index (χ2v) is 4.00. The van der Waals surface area contributed by atoms with E-state index in [1.807, 2.05) is 25.1 Å². The lowest BCUT2D eigenvalue weighted by Crippen LogP contribution is -2.09. The second-order valence-electron chi connectivity index (χ2n) is 4.00. The summed E-state index contributed by atoms with van der Waals surface area (Å²) in [6.45, 7) is 3.91. The van der Waals surface area contributed by atoms with Crippen molar-refractivity contribution in [2.75, 3.05) is 11.1 Å². The Morgan fingerprint density at radius 1 is 1.18 bits per heavy atom. The Kier molecular flexibility index (Phi) is 3.23. The maximum Gasteiger partial charge on any atom is 0.132 e. The fourth-order valence-electron chi connectivity index (χ4n) is 1.71. The molecule has 4 nitrogen and oxygen atoms in total. The van der Waals surface area contributed by atoms with Gasteiger partial charge in [0.15, 0.2) is 0 Å². The Morgan fingerprint density at radius 3 is 2.53 bits per heavy atom. The minimum absolute atomic E-state index is 0.185. The average molecular weight is 228 g/mol. The van der Waals surface area contributed by atoms with Crippen molar-refractivity contribution in [2.45, 2.75) is 19.9 Å². The van der Waals surface area contributed by atoms with Crippen LogP contribution < -0.4 is 11.1 Å². The van der Waals surface area contributed by atoms with Crippen LogP contribution in [0.2, 0.25) is 0 Å². The number of nitrogens with one attached hydrogen (secondary N) is 1. The van der Waals surface area contributed by atoms with Gasteiger partial charge >= 0.3 is 0 Å². The van der Waals surface area contributed by atoms with Crippen molar-refractivity contribution >= 4 is 11.6 Å². The van der Waals surface area contributed by atoms with E-state index in [-0.39, 0.29) is 6.04 Å². The predicted octanol–water partition coefficient (Wildman–Crippen LogP) is 2.54. The number of hydrogen-bond donors (Lipinski definition) is 2. The van der Waals surface area contributed by atoms with E-state index in [2.05, 4.69) is 34.3 Å². The van der Waals surface area contributed by atoms with Crippen LogP contribution in [0.1, 0.15) is 24.4 Å². The Morgan fingerprint density at radius 2 is 1.88 bits per heavy atom. The number of anilines is 2. The van der Waals surface area contributed by atoms with Gasteiger partial charge in [0.1, 0.15) is 17.5 Å². The maximum atomic E-state index is 5.68. The Balaban J connectivity index is 2.16. The molecule has 0 bridgehead atoms. The van der Waals surface area contributed by atoms with E-state index < -0.39 is 0 Å². The van der Waals surface area contributed by atoms with Gasteiger partial charge in [0.2, 0.25) is 0 Å². The summed E-state index contributed by atoms with van der Waals surface area (Å²) in [5.74, 6) is 1.92. The van der Waals surface area contributed by atoms with Gasteiger partial charge in [0.05, 0.1) is 0 Å². The zero-order valence-corrected chi connectivity index (χ0v) is 10.0. The zero-order valence-electron chi connectivity index (χ0n) is 10.0. The lowest BCUT2D eigenvalue weighted by atomic mass is 10.1. The zero-order chi connectivity index (χ0) is 12.3. The van der Waals surface area contributed by atoms with Crippen LogP contribution in [0, 0.1) is 6.92 Å². The summed E-state index contributed by atoms with van der Waals surface area (Å²) >= 11 is 0. The number of rotatable bonds is 3. The minimum Gasteiger partial charge on any atom is -0.384 e. The number of nitrogens with two attached hydrogens (primary N) is 1. The fraction of sp³-hybridized carbons (Fsp3) is 0.231. The number of benzene rings is 1. The Hall–Kier alpha value is -2.10. The normalized spacial score (nSPS) is 12.1. The van der Waals surface area contributed by atoms with Gasteiger partial charge in [-0.3, -0.25) is 0 Å². The molecule has 0 amide bonds. The van der Waals surface area contributed by atoms with E-state index in [0.29, 0.717) is 11.6 Å². The van der Waals surface area contributed by atoms with Crippen molar-refractivity contribution in [2.24, 2.45) is 0 Å². The van der Waals surface area contributed by atoms with Crippen LogP contribution in [0.15, 0.2) is 36.4 Å². The first kappa shape index (κ1) is 11.4. The number of nitrogens with zero attached hydrogens (tertiary/aromatic N) is 2. The third-order valence-electron chi connectivity index (χ3n) is 2.52. The summed E-state index contributed by atoms with van der Waals surface area (Å²) < 4.78 is 0. The molecule has 0 radical (unpaired) electrons. The highest BCUT2D eigenvalue weighted by Gasteiger charge is 2.06. The highest BCUT2D eigenvalue weighted by Crippen LogP contribution is 2.18. The van der Waals surface area contributed by atoms with Crippen molar-refractivity contribution in [3.05, 3.63) is 47.8 Å². The molecule has 3 N–H and O–H groups in total. The lowest BCUT2D eigenvalue weighted by Gasteiger charge is -2.15. The molecule has 0 saturated heterocycles. The first-order chi connectivity index (χ1) is 8.15. The van der Waals surface area contributed by atoms with Gasteiger partial charge < -0.3 is 11.1 Å². The van der Waals surface area contributed by atoms with Gasteiger partial charge in [0.25, 0.3) is 0 Å². The first-order valence-electron chi connectivity index (χ1n) is 5.58. The minimum atomic E-state index is 0.185. The van der Waals surface area contributed by atoms with Crippen molar-refractivity contribution in [3.8, 4) is 0 Å². The van der Waals surface area contributed by atoms with Gasteiger partial charge in [0, 0.05) is 12.1 Å². The van der Waals surface area contributed by atoms with Gasteiger partial charge in [-0.05, 0) is 19.4 Å². The summed E-state index contributed by atoms with van der Waals surface area (Å²) in [5.41, 5.74) is 6.89. The molecule has 1 aromatic carbocycles. The number of nitrogen functional groups attached to an aromatic ring is 1. The molecule has 1 aromatic heterocycles. The standard InChI is InChI=1S/C13H16N4/c1-9(11-6-4-3-5-7-11)15-13-8-12(14)16-10(2)17-13/h3-9H,1-2H3,(H3,14,15,16,17)/t9-/m0/s1. The summed E-state index contributed by atoms with van der Waals surface area (Å²) in [4.78, 5) is 8.34. The molecular weight excluding hydrogens is 212 g/mol. The van der Waals surface area contributed by atoms with Crippen LogP contribution in [0.25, 0.3) is 0 Å². The summed E-state index contributed by atoms with van der Waals surface area (Å²) in [6.07, 6.45) is 0. The molecule has 0 aliphatic rings. The Labute approximate surface area is 101 Å². The van der Waals surface area contributed by atoms with E-state index in [4.69, 9.17) is 5.73 Å². The van der Waals surface area contributed by atoms with Crippen LogP contribution in [-0.2, 0) is 0 Å². The third kappa shape index (κ3) is 2.93. The number of aryl methyl sites for hydroxylation is 1. The summed E-state index contributed by atoms with van der Waals surface area (Å²) in [6, 6.07) is 12.1. The molecule has 0 unspecified atom stereocenters. The number of hydrogen-bond acceptors (Lipinski definition) is 4. The molecule has 0 saturated carbocycles. The SMILES string of the molecule is Cc1nc(N)cc(N[C@@H](C)c2ccccc2)n1. The van der Waals surface area contributed by atoms with Crippen LogP contribution in [0.5, 0.6) is 0 Å². The van der Waals surface area contributed by atoms with E-state index in [1.54, 1.807) is 6.07 Å². The van der Waals surface area contributed by atoms with Crippen LogP contribution in [0.4, 0.5) is 11.6 Å². The highest BCUT2D eigenvalue weighted by molar-refractivity contribution is 5.46. The van der Waals surface area contributed by atoms with Crippen molar-refractivity contribution in [1.29, 1.82) is 0 Å². The van der Waals surface area contributed by atoms with Crippen LogP contribution in [0.3, 0.4) is 0 Å². The topological polar surface area (TPSA) is 63.8 Å². The molecule has 2 aromatic rings. The molecule has 4 heteroatoms. The lowest BCUT2D eigenvalue weighted by molar-refractivity contribution is 0.868. The van der Waals surface area contributed by atoms with Crippen molar-refractivity contribution in [1.82, 2.24) is 9.97 Å². The van der Waals surface area contributed by atoms with Crippen LogP contribution >= 0.6 is 0 Å². The molecule has 1 atom stereocenters. The molecule has 2 rings (SSSR count). The van der Waals surface area contributed by atoms with Crippen molar-refractivity contribution < 1.29 is 0 Å². The number of aromatic nitrogens is 2. The molecule has 1 heterocycles. The molecule has 0 aliphatic heterocycles. The van der Waals surface area contributed by atoms with Crippen LogP contribution in [-0.4, -0.2) is 9.97 Å². The van der Waals surface area contributed by atoms with Gasteiger partial charge in [-0.15, -0.1) is 0 Å². The van der Waals surface area contributed by atoms with Crippen molar-refractivity contribution in [3.63, 3.8) is 0 Å². The summed E-state index contributed by atoms with van der Waals surface area (Å²) in [7, 11) is 0. The largest absolute Gasteiger partial charge is 0.384 e. The van der Waals surface area contributed by atoms with E-state index in [1.165, 1.54) is 5.56 Å². The quantitative estimate of drug-likeness (QED) is 0.847. The molecule has 0 spiro atoms. The molecule has 0 aliphatic carbocycles. The molecule has 0 fully saturated rings. The first-order valence-corrected chi connectivity index (χ1v) is 5.58. The van der Waals surface area contributed by atoms with E-state index in [9.17, 15) is 0 Å². The molecule has 17 heavy (non-hydrogen) atoms. The van der Waals surface area contributed by atoms with Gasteiger partial charge in [-0.1, -0.05) is 30.3 Å². The Bertz CT molecular complexity index is 476. The summed E-state index contributed by atoms with van der Waals surface area (Å²) in [5, 5.41) is 3.31. The van der Waals surface area contributed by atoms with E-state index >= 15 is 0 Å². The van der Waals surface area contributed by atoms with Gasteiger partial charge in [-0.25, -0.2) is 9.97 Å². The second kappa shape index (κ2) is 4.82. The highest BCUT2D eigenvalue weighted by atomic mass is 15.1. The molecular formula is C13H16N4. The smallest absolute Gasteiger partial charge is 0.132 e. The maximum absolute atomic E-state index is 5.68.